The molecule has 2 rings (SSSR count). The number of hydrogen-bond acceptors (Lipinski definition) is 3. The van der Waals surface area contributed by atoms with Gasteiger partial charge in [0.1, 0.15) is 4.90 Å². The summed E-state index contributed by atoms with van der Waals surface area (Å²) in [7, 11) is -3.61. The minimum Gasteiger partial charge on any atom is -0.363 e. The molecule has 3 N–H and O–H groups in total. The standard InChI is InChI=1S/C14H18ClN3O2S/c1-3-16-8-12-6-13(9-17-12)21(19,20)18-11-5-4-10(2)14(15)7-11/h4-7,9,16-18H,3,8H2,1-2H3. The second-order valence-corrected chi connectivity index (χ2v) is 6.80. The van der Waals surface area contributed by atoms with Gasteiger partial charge in [-0.3, -0.25) is 4.72 Å². The van der Waals surface area contributed by atoms with Gasteiger partial charge in [-0.2, -0.15) is 0 Å². The van der Waals surface area contributed by atoms with E-state index in [1.165, 1.54) is 6.20 Å². The van der Waals surface area contributed by atoms with E-state index in [0.29, 0.717) is 17.3 Å². The van der Waals surface area contributed by atoms with Gasteiger partial charge in [0.05, 0.1) is 5.69 Å². The van der Waals surface area contributed by atoms with E-state index < -0.39 is 10.0 Å². The SMILES string of the molecule is CCNCc1cc(S(=O)(=O)Nc2ccc(C)c(Cl)c2)c[nH]1. The third kappa shape index (κ3) is 4.00. The quantitative estimate of drug-likeness (QED) is 0.763. The normalized spacial score (nSPS) is 11.6. The first-order chi connectivity index (χ1) is 9.92. The van der Waals surface area contributed by atoms with Crippen molar-refractivity contribution in [2.45, 2.75) is 25.3 Å². The van der Waals surface area contributed by atoms with Crippen LogP contribution in [0.15, 0.2) is 35.4 Å². The molecule has 7 heteroatoms. The highest BCUT2D eigenvalue weighted by atomic mass is 35.5. The van der Waals surface area contributed by atoms with Crippen molar-refractivity contribution in [3.63, 3.8) is 0 Å². The van der Waals surface area contributed by atoms with Crippen LogP contribution in [0, 0.1) is 6.92 Å². The Hall–Kier alpha value is -1.50. The number of hydrogen-bond donors (Lipinski definition) is 3. The second kappa shape index (κ2) is 6.51. The largest absolute Gasteiger partial charge is 0.363 e. The summed E-state index contributed by atoms with van der Waals surface area (Å²) in [6, 6.07) is 6.67. The number of benzene rings is 1. The van der Waals surface area contributed by atoms with Gasteiger partial charge >= 0.3 is 0 Å². The predicted octanol–water partition coefficient (Wildman–Crippen LogP) is 2.89. The number of nitrogens with one attached hydrogen (secondary N) is 3. The van der Waals surface area contributed by atoms with Gasteiger partial charge in [-0.1, -0.05) is 24.6 Å². The van der Waals surface area contributed by atoms with Crippen molar-refractivity contribution in [2.75, 3.05) is 11.3 Å². The summed E-state index contributed by atoms with van der Waals surface area (Å²) in [4.78, 5) is 3.15. The van der Waals surface area contributed by atoms with Gasteiger partial charge in [0.25, 0.3) is 10.0 Å². The summed E-state index contributed by atoms with van der Waals surface area (Å²) in [6.45, 7) is 5.27. The first-order valence-electron chi connectivity index (χ1n) is 6.59. The molecule has 0 unspecified atom stereocenters. The Morgan fingerprint density at radius 2 is 2.05 bits per heavy atom. The number of halogens is 1. The van der Waals surface area contributed by atoms with E-state index >= 15 is 0 Å². The molecule has 0 saturated carbocycles. The van der Waals surface area contributed by atoms with Crippen LogP contribution in [0.1, 0.15) is 18.2 Å². The topological polar surface area (TPSA) is 74.0 Å². The lowest BCUT2D eigenvalue weighted by Crippen LogP contribution is -2.13. The highest BCUT2D eigenvalue weighted by Gasteiger charge is 2.16. The first kappa shape index (κ1) is 15.9. The van der Waals surface area contributed by atoms with Crippen molar-refractivity contribution in [2.24, 2.45) is 0 Å². The van der Waals surface area contributed by atoms with Crippen LogP contribution in [0.5, 0.6) is 0 Å². The van der Waals surface area contributed by atoms with Crippen molar-refractivity contribution in [3.05, 3.63) is 46.7 Å². The minimum absolute atomic E-state index is 0.201. The maximum Gasteiger partial charge on any atom is 0.263 e. The Morgan fingerprint density at radius 3 is 2.71 bits per heavy atom. The molecule has 1 aromatic heterocycles. The van der Waals surface area contributed by atoms with E-state index in [0.717, 1.165) is 17.8 Å². The Morgan fingerprint density at radius 1 is 1.29 bits per heavy atom. The summed E-state index contributed by atoms with van der Waals surface area (Å²) in [5, 5.41) is 3.65. The van der Waals surface area contributed by atoms with Crippen LogP contribution in [0.25, 0.3) is 0 Å². The number of aryl methyl sites for hydroxylation is 1. The van der Waals surface area contributed by atoms with E-state index in [2.05, 4.69) is 15.0 Å². The molecule has 0 aliphatic carbocycles. The molecule has 0 aliphatic heterocycles. The predicted molar refractivity (Wildman–Crippen MR) is 85.2 cm³/mol. The van der Waals surface area contributed by atoms with Crippen molar-refractivity contribution in [3.8, 4) is 0 Å². The van der Waals surface area contributed by atoms with E-state index in [1.807, 2.05) is 13.8 Å². The molecule has 0 amide bonds. The Bertz CT molecular complexity index is 726. The summed E-state index contributed by atoms with van der Waals surface area (Å²) in [5.74, 6) is 0. The zero-order valence-corrected chi connectivity index (χ0v) is 13.5. The summed E-state index contributed by atoms with van der Waals surface area (Å²) in [5.41, 5.74) is 2.16. The third-order valence-electron chi connectivity index (χ3n) is 3.02. The Balaban J connectivity index is 2.17. The Kier molecular flexibility index (Phi) is 4.92. The molecule has 0 aliphatic rings. The van der Waals surface area contributed by atoms with E-state index in [9.17, 15) is 8.42 Å². The minimum atomic E-state index is -3.61. The van der Waals surface area contributed by atoms with Crippen LogP contribution < -0.4 is 10.0 Å². The molecule has 0 atom stereocenters. The highest BCUT2D eigenvalue weighted by Crippen LogP contribution is 2.22. The molecule has 0 fully saturated rings. The molecular weight excluding hydrogens is 310 g/mol. The van der Waals surface area contributed by atoms with Gasteiger partial charge < -0.3 is 10.3 Å². The first-order valence-corrected chi connectivity index (χ1v) is 8.45. The van der Waals surface area contributed by atoms with Gasteiger partial charge in [0.15, 0.2) is 0 Å². The van der Waals surface area contributed by atoms with Gasteiger partial charge in [0.2, 0.25) is 0 Å². The number of H-pyrrole nitrogens is 1. The van der Waals surface area contributed by atoms with Crippen molar-refractivity contribution < 1.29 is 8.42 Å². The fourth-order valence-corrected chi connectivity index (χ4v) is 3.05. The smallest absolute Gasteiger partial charge is 0.263 e. The number of anilines is 1. The average molecular weight is 328 g/mol. The van der Waals surface area contributed by atoms with Crippen LogP contribution >= 0.6 is 11.6 Å². The van der Waals surface area contributed by atoms with Crippen LogP contribution in [0.4, 0.5) is 5.69 Å². The molecule has 0 bridgehead atoms. The maximum absolute atomic E-state index is 12.3. The molecule has 21 heavy (non-hydrogen) atoms. The molecule has 5 nitrogen and oxygen atoms in total. The monoisotopic (exact) mass is 327 g/mol. The fourth-order valence-electron chi connectivity index (χ4n) is 1.81. The lowest BCUT2D eigenvalue weighted by Gasteiger charge is -2.07. The van der Waals surface area contributed by atoms with Crippen molar-refractivity contribution >= 4 is 27.3 Å². The number of rotatable bonds is 6. The van der Waals surface area contributed by atoms with E-state index in [1.54, 1.807) is 24.3 Å². The van der Waals surface area contributed by atoms with E-state index in [-0.39, 0.29) is 4.90 Å². The molecule has 0 spiro atoms. The number of sulfonamides is 1. The highest BCUT2D eigenvalue weighted by molar-refractivity contribution is 7.92. The number of aromatic nitrogens is 1. The van der Waals surface area contributed by atoms with Gasteiger partial charge in [-0.05, 0) is 37.2 Å². The van der Waals surface area contributed by atoms with Gasteiger partial charge in [-0.25, -0.2) is 8.42 Å². The molecule has 2 aromatic rings. The summed E-state index contributed by atoms with van der Waals surface area (Å²) >= 11 is 6.00. The molecule has 1 aromatic carbocycles. The third-order valence-corrected chi connectivity index (χ3v) is 4.78. The van der Waals surface area contributed by atoms with Crippen LogP contribution in [0.3, 0.4) is 0 Å². The maximum atomic E-state index is 12.3. The average Bonchev–Trinajstić information content (AvgIpc) is 2.90. The molecular formula is C14H18ClN3O2S. The van der Waals surface area contributed by atoms with Crippen LogP contribution in [-0.2, 0) is 16.6 Å². The fraction of sp³-hybridized carbons (Fsp3) is 0.286. The van der Waals surface area contributed by atoms with Crippen LogP contribution in [-0.4, -0.2) is 19.9 Å². The molecule has 1 heterocycles. The van der Waals surface area contributed by atoms with Gasteiger partial charge in [0, 0.05) is 23.5 Å². The van der Waals surface area contributed by atoms with Crippen molar-refractivity contribution in [1.82, 2.24) is 10.3 Å². The van der Waals surface area contributed by atoms with E-state index in [4.69, 9.17) is 11.6 Å². The second-order valence-electron chi connectivity index (χ2n) is 4.71. The molecule has 0 saturated heterocycles. The zero-order valence-electron chi connectivity index (χ0n) is 11.9. The number of aromatic amines is 1. The molecule has 114 valence electrons. The Labute approximate surface area is 129 Å². The zero-order chi connectivity index (χ0) is 15.5. The van der Waals surface area contributed by atoms with Crippen molar-refractivity contribution in [1.29, 1.82) is 0 Å². The summed E-state index contributed by atoms with van der Waals surface area (Å²) in [6.07, 6.45) is 1.48. The lowest BCUT2D eigenvalue weighted by molar-refractivity contribution is 0.601. The lowest BCUT2D eigenvalue weighted by atomic mass is 10.2. The van der Waals surface area contributed by atoms with Gasteiger partial charge in [-0.15, -0.1) is 0 Å². The molecule has 0 radical (unpaired) electrons. The summed E-state index contributed by atoms with van der Waals surface area (Å²) < 4.78 is 27.1. The van der Waals surface area contributed by atoms with Crippen LogP contribution in [0.2, 0.25) is 5.02 Å².